The first-order chi connectivity index (χ1) is 21.0. The van der Waals surface area contributed by atoms with Gasteiger partial charge in [-0.3, -0.25) is 9.69 Å². The molecule has 4 heterocycles. The second-order valence-corrected chi connectivity index (χ2v) is 10.7. The van der Waals surface area contributed by atoms with E-state index in [-0.39, 0.29) is 5.91 Å². The molecule has 4 aromatic rings. The molecule has 3 N–H and O–H groups in total. The first-order valence-electron chi connectivity index (χ1n) is 14.3. The lowest BCUT2D eigenvalue weighted by molar-refractivity contribution is -0.119. The number of aromatic nitrogens is 4. The van der Waals surface area contributed by atoms with E-state index in [2.05, 4.69) is 44.4 Å². The van der Waals surface area contributed by atoms with Crippen molar-refractivity contribution in [1.82, 2.24) is 24.4 Å². The fourth-order valence-corrected chi connectivity index (χ4v) is 5.90. The number of ether oxygens (including phenoxy) is 3. The van der Waals surface area contributed by atoms with Crippen LogP contribution in [-0.2, 0) is 24.3 Å². The van der Waals surface area contributed by atoms with E-state index in [1.54, 1.807) is 27.7 Å². The topological polar surface area (TPSA) is 133 Å². The number of hydrogen-bond acceptors (Lipinski definition) is 10. The number of nitrogens with one attached hydrogen (secondary N) is 1. The van der Waals surface area contributed by atoms with Gasteiger partial charge in [0.25, 0.3) is 0 Å². The van der Waals surface area contributed by atoms with E-state index >= 15 is 0 Å². The maximum absolute atomic E-state index is 12.4. The number of methoxy groups -OCH3 is 3. The molecule has 1 saturated heterocycles. The quantitative estimate of drug-likeness (QED) is 0.286. The molecule has 2 aromatic heterocycles. The molecule has 0 aliphatic carbocycles. The monoisotopic (exact) mass is 584 g/mol. The molecule has 2 aliphatic rings. The van der Waals surface area contributed by atoms with Crippen molar-refractivity contribution >= 4 is 23.5 Å². The standard InChI is InChI=1S/C31H36N8O4/c1-41-25-14-21(15-26(42-2)28(25)43-3)38-18-27(33-19-38)35-31-34-23-11-13-37(16-20-8-5-4-6-9-20)17-22(23)30(36-31)39-12-7-10-24(39)29(32)40/h4-6,8-9,14-15,18-19,24H,7,10-13,16-17H2,1-3H3,(H2,32,40)(H,34,35,36)/t24-/m0/s1. The van der Waals surface area contributed by atoms with Gasteiger partial charge in [-0.1, -0.05) is 30.3 Å². The Morgan fingerprint density at radius 3 is 2.51 bits per heavy atom. The van der Waals surface area contributed by atoms with Crippen LogP contribution in [0.1, 0.15) is 29.7 Å². The van der Waals surface area contributed by atoms with Gasteiger partial charge in [0.15, 0.2) is 17.3 Å². The van der Waals surface area contributed by atoms with E-state index in [1.165, 1.54) is 5.56 Å². The molecule has 1 fully saturated rings. The van der Waals surface area contributed by atoms with Crippen molar-refractivity contribution in [3.63, 3.8) is 0 Å². The number of primary amides is 1. The number of nitrogens with zero attached hydrogens (tertiary/aromatic N) is 6. The second-order valence-electron chi connectivity index (χ2n) is 10.7. The average Bonchev–Trinajstić information content (AvgIpc) is 3.71. The maximum Gasteiger partial charge on any atom is 0.240 e. The highest BCUT2D eigenvalue weighted by atomic mass is 16.5. The smallest absolute Gasteiger partial charge is 0.240 e. The zero-order valence-corrected chi connectivity index (χ0v) is 24.6. The number of carbonyl (C=O) groups excluding carboxylic acids is 1. The van der Waals surface area contributed by atoms with Gasteiger partial charge < -0.3 is 34.7 Å². The molecular formula is C31H36N8O4. The minimum absolute atomic E-state index is 0.333. The van der Waals surface area contributed by atoms with Crippen LogP contribution >= 0.6 is 0 Å². The highest BCUT2D eigenvalue weighted by Gasteiger charge is 2.34. The average molecular weight is 585 g/mol. The van der Waals surface area contributed by atoms with Crippen LogP contribution in [0.4, 0.5) is 17.6 Å². The number of rotatable bonds is 10. The van der Waals surface area contributed by atoms with E-state index in [1.807, 2.05) is 29.0 Å². The third kappa shape index (κ3) is 5.78. The van der Waals surface area contributed by atoms with Crippen molar-refractivity contribution in [1.29, 1.82) is 0 Å². The predicted octanol–water partition coefficient (Wildman–Crippen LogP) is 3.44. The molecule has 1 atom stereocenters. The maximum atomic E-state index is 12.4. The van der Waals surface area contributed by atoms with Gasteiger partial charge >= 0.3 is 0 Å². The zero-order valence-electron chi connectivity index (χ0n) is 24.6. The molecule has 224 valence electrons. The molecule has 12 heteroatoms. The van der Waals surface area contributed by atoms with Gasteiger partial charge in [0.05, 0.1) is 38.9 Å². The summed E-state index contributed by atoms with van der Waals surface area (Å²) in [6.45, 7) is 3.10. The lowest BCUT2D eigenvalue weighted by Crippen LogP contribution is -2.42. The molecule has 0 spiro atoms. The molecular weight excluding hydrogens is 548 g/mol. The van der Waals surface area contributed by atoms with Gasteiger partial charge in [-0.2, -0.15) is 4.98 Å². The third-order valence-electron chi connectivity index (χ3n) is 7.99. The summed E-state index contributed by atoms with van der Waals surface area (Å²) in [6, 6.07) is 13.7. The number of benzene rings is 2. The summed E-state index contributed by atoms with van der Waals surface area (Å²) in [5.41, 5.74) is 9.87. The van der Waals surface area contributed by atoms with Crippen LogP contribution in [0.15, 0.2) is 55.0 Å². The summed E-state index contributed by atoms with van der Waals surface area (Å²) >= 11 is 0. The van der Waals surface area contributed by atoms with E-state index in [9.17, 15) is 4.79 Å². The fourth-order valence-electron chi connectivity index (χ4n) is 5.90. The molecule has 1 amide bonds. The first-order valence-corrected chi connectivity index (χ1v) is 14.3. The molecule has 12 nitrogen and oxygen atoms in total. The Bertz CT molecular complexity index is 1580. The summed E-state index contributed by atoms with van der Waals surface area (Å²) in [5.74, 6) is 3.01. The van der Waals surface area contributed by atoms with Crippen molar-refractivity contribution in [2.75, 3.05) is 44.6 Å². The summed E-state index contributed by atoms with van der Waals surface area (Å²) < 4.78 is 18.3. The number of carbonyl (C=O) groups is 1. The number of imidazole rings is 1. The number of hydrogen-bond donors (Lipinski definition) is 2. The van der Waals surface area contributed by atoms with Gasteiger partial charge in [0.2, 0.25) is 17.6 Å². The molecule has 2 aromatic carbocycles. The fraction of sp³-hybridized carbons (Fsp3) is 0.355. The largest absolute Gasteiger partial charge is 0.493 e. The van der Waals surface area contributed by atoms with Gasteiger partial charge in [-0.05, 0) is 18.4 Å². The molecule has 0 radical (unpaired) electrons. The van der Waals surface area contributed by atoms with Gasteiger partial charge in [-0.15, -0.1) is 0 Å². The van der Waals surface area contributed by atoms with Crippen molar-refractivity contribution in [3.05, 3.63) is 71.8 Å². The molecule has 0 saturated carbocycles. The van der Waals surface area contributed by atoms with Crippen LogP contribution in [0.3, 0.4) is 0 Å². The Balaban J connectivity index is 1.31. The number of fused-ring (bicyclic) bond motifs is 1. The SMILES string of the molecule is COc1cc(-n2cnc(Nc3nc4c(c(N5CCC[C@H]5C(N)=O)n3)CN(Cc3ccccc3)CC4)c2)cc(OC)c1OC. The minimum Gasteiger partial charge on any atom is -0.493 e. The number of amides is 1. The van der Waals surface area contributed by atoms with Crippen LogP contribution in [0.25, 0.3) is 5.69 Å². The molecule has 2 aliphatic heterocycles. The first kappa shape index (κ1) is 28.3. The molecule has 0 bridgehead atoms. The van der Waals surface area contributed by atoms with Crippen molar-refractivity contribution in [3.8, 4) is 22.9 Å². The van der Waals surface area contributed by atoms with Gasteiger partial charge in [0.1, 0.15) is 18.2 Å². The lowest BCUT2D eigenvalue weighted by Gasteiger charge is -2.33. The normalized spacial score (nSPS) is 16.5. The van der Waals surface area contributed by atoms with E-state index < -0.39 is 6.04 Å². The molecule has 6 rings (SSSR count). The van der Waals surface area contributed by atoms with Gasteiger partial charge in [-0.25, -0.2) is 9.97 Å². The Labute approximate surface area is 250 Å². The minimum atomic E-state index is -0.393. The Kier molecular flexibility index (Phi) is 8.01. The van der Waals surface area contributed by atoms with E-state index in [0.717, 1.165) is 48.7 Å². The van der Waals surface area contributed by atoms with Crippen LogP contribution < -0.4 is 30.2 Å². The van der Waals surface area contributed by atoms with Crippen molar-refractivity contribution in [2.24, 2.45) is 5.73 Å². The Morgan fingerprint density at radius 1 is 1.05 bits per heavy atom. The Morgan fingerprint density at radius 2 is 1.81 bits per heavy atom. The second kappa shape index (κ2) is 12.2. The molecule has 0 unspecified atom stereocenters. The Hall–Kier alpha value is -4.84. The van der Waals surface area contributed by atoms with Crippen LogP contribution in [0.5, 0.6) is 17.2 Å². The highest BCUT2D eigenvalue weighted by Crippen LogP contribution is 2.39. The summed E-state index contributed by atoms with van der Waals surface area (Å²) in [7, 11) is 4.73. The predicted molar refractivity (Wildman–Crippen MR) is 162 cm³/mol. The molecule has 43 heavy (non-hydrogen) atoms. The van der Waals surface area contributed by atoms with Crippen LogP contribution in [0, 0.1) is 0 Å². The van der Waals surface area contributed by atoms with Crippen molar-refractivity contribution < 1.29 is 19.0 Å². The van der Waals surface area contributed by atoms with E-state index in [4.69, 9.17) is 29.9 Å². The van der Waals surface area contributed by atoms with Crippen LogP contribution in [-0.4, -0.2) is 70.8 Å². The number of anilines is 3. The highest BCUT2D eigenvalue weighted by molar-refractivity contribution is 5.84. The van der Waals surface area contributed by atoms with E-state index in [0.29, 0.717) is 48.5 Å². The van der Waals surface area contributed by atoms with Crippen molar-refractivity contribution in [2.45, 2.75) is 38.4 Å². The summed E-state index contributed by atoms with van der Waals surface area (Å²) in [6.07, 6.45) is 5.88. The summed E-state index contributed by atoms with van der Waals surface area (Å²) in [4.78, 5) is 31.2. The lowest BCUT2D eigenvalue weighted by atomic mass is 10.0. The summed E-state index contributed by atoms with van der Waals surface area (Å²) in [5, 5.41) is 3.29. The zero-order chi connectivity index (χ0) is 29.9. The van der Waals surface area contributed by atoms with Gasteiger partial charge in [0, 0.05) is 50.3 Å². The van der Waals surface area contributed by atoms with Crippen LogP contribution in [0.2, 0.25) is 0 Å². The third-order valence-corrected chi connectivity index (χ3v) is 7.99. The number of nitrogens with two attached hydrogens (primary N) is 1.